The van der Waals surface area contributed by atoms with Crippen LogP contribution in [0.15, 0.2) is 53.3 Å². The molecule has 3 aromatic heterocycles. The van der Waals surface area contributed by atoms with Crippen LogP contribution < -0.4 is 10.6 Å². The molecule has 142 valence electrons. The molecule has 4 aromatic rings. The second kappa shape index (κ2) is 7.15. The Morgan fingerprint density at radius 1 is 1.21 bits per heavy atom. The molecule has 0 aliphatic heterocycles. The Bertz CT molecular complexity index is 1140. The molecule has 8 heteroatoms. The van der Waals surface area contributed by atoms with Gasteiger partial charge in [-0.3, -0.25) is 9.20 Å². The first kappa shape index (κ1) is 17.7. The van der Waals surface area contributed by atoms with Gasteiger partial charge >= 0.3 is 0 Å². The van der Waals surface area contributed by atoms with E-state index in [4.69, 9.17) is 4.52 Å². The first-order valence-electron chi connectivity index (χ1n) is 8.96. The number of imidazole rings is 1. The largest absolute Gasteiger partial charge is 0.337 e. The summed E-state index contributed by atoms with van der Waals surface area (Å²) in [6, 6.07) is 11.2. The summed E-state index contributed by atoms with van der Waals surface area (Å²) in [6.07, 6.45) is 3.37. The highest BCUT2D eigenvalue weighted by molar-refractivity contribution is 6.04. The zero-order valence-corrected chi connectivity index (χ0v) is 15.8. The molecule has 1 aromatic carbocycles. The quantitative estimate of drug-likeness (QED) is 0.543. The summed E-state index contributed by atoms with van der Waals surface area (Å²) >= 11 is 0. The van der Waals surface area contributed by atoms with Gasteiger partial charge in [0.1, 0.15) is 11.3 Å². The number of carbonyl (C=O) groups excluding carboxylic acids is 1. The number of aromatic nitrogens is 4. The van der Waals surface area contributed by atoms with E-state index < -0.39 is 0 Å². The maximum absolute atomic E-state index is 12.8. The highest BCUT2D eigenvalue weighted by Crippen LogP contribution is 2.24. The molecular weight excluding hydrogens is 356 g/mol. The summed E-state index contributed by atoms with van der Waals surface area (Å²) in [4.78, 5) is 21.3. The molecular formula is C20H20N6O2. The van der Waals surface area contributed by atoms with Gasteiger partial charge < -0.3 is 15.2 Å². The van der Waals surface area contributed by atoms with E-state index in [-0.39, 0.29) is 11.8 Å². The summed E-state index contributed by atoms with van der Waals surface area (Å²) in [5.41, 5.74) is 3.55. The van der Waals surface area contributed by atoms with Crippen LogP contribution in [0.1, 0.15) is 41.7 Å². The third-order valence-corrected chi connectivity index (χ3v) is 4.33. The number of anilines is 3. The van der Waals surface area contributed by atoms with E-state index in [0.717, 1.165) is 16.9 Å². The molecule has 3 heterocycles. The van der Waals surface area contributed by atoms with Gasteiger partial charge in [-0.05, 0) is 41.9 Å². The summed E-state index contributed by atoms with van der Waals surface area (Å²) in [5.74, 6) is 0.865. The van der Waals surface area contributed by atoms with Gasteiger partial charge in [0.2, 0.25) is 5.89 Å². The van der Waals surface area contributed by atoms with Crippen molar-refractivity contribution in [1.82, 2.24) is 19.5 Å². The minimum atomic E-state index is -0.236. The van der Waals surface area contributed by atoms with E-state index in [1.165, 1.54) is 0 Å². The van der Waals surface area contributed by atoms with E-state index in [1.807, 2.05) is 63.4 Å². The molecule has 8 nitrogen and oxygen atoms in total. The topological polar surface area (TPSA) is 97.4 Å². The second-order valence-electron chi connectivity index (χ2n) is 6.79. The van der Waals surface area contributed by atoms with Crippen molar-refractivity contribution < 1.29 is 9.32 Å². The number of pyridine rings is 1. The second-order valence-corrected chi connectivity index (χ2v) is 6.79. The van der Waals surface area contributed by atoms with Crippen molar-refractivity contribution in [3.8, 4) is 0 Å². The van der Waals surface area contributed by atoms with Crippen LogP contribution in [0.5, 0.6) is 0 Å². The third kappa shape index (κ3) is 3.44. The van der Waals surface area contributed by atoms with Crippen LogP contribution in [-0.4, -0.2) is 25.4 Å². The van der Waals surface area contributed by atoms with Crippen LogP contribution >= 0.6 is 0 Å². The highest BCUT2D eigenvalue weighted by Gasteiger charge is 2.14. The molecule has 0 spiro atoms. The number of nitrogens with one attached hydrogen (secondary N) is 2. The number of hydrogen-bond donors (Lipinski definition) is 2. The van der Waals surface area contributed by atoms with Crippen LogP contribution in [0, 0.1) is 6.92 Å². The molecule has 0 radical (unpaired) electrons. The molecule has 0 unspecified atom stereocenters. The monoisotopic (exact) mass is 376 g/mol. The molecule has 0 bridgehead atoms. The number of nitrogens with zero attached hydrogens (tertiary/aromatic N) is 4. The lowest BCUT2D eigenvalue weighted by Crippen LogP contribution is -2.15. The van der Waals surface area contributed by atoms with Crippen molar-refractivity contribution in [2.75, 3.05) is 10.6 Å². The number of rotatable bonds is 5. The van der Waals surface area contributed by atoms with Gasteiger partial charge in [-0.1, -0.05) is 26.0 Å². The number of aryl methyl sites for hydroxylation is 1. The Kier molecular flexibility index (Phi) is 4.52. The van der Waals surface area contributed by atoms with Gasteiger partial charge in [0, 0.05) is 23.5 Å². The van der Waals surface area contributed by atoms with E-state index in [2.05, 4.69) is 25.8 Å². The molecule has 4 rings (SSSR count). The molecule has 0 saturated heterocycles. The molecule has 0 aliphatic carbocycles. The number of amides is 1. The summed E-state index contributed by atoms with van der Waals surface area (Å²) in [7, 11) is 0. The van der Waals surface area contributed by atoms with Crippen molar-refractivity contribution in [3.05, 3.63) is 65.9 Å². The average molecular weight is 376 g/mol. The fourth-order valence-corrected chi connectivity index (χ4v) is 2.77. The van der Waals surface area contributed by atoms with E-state index in [1.54, 1.807) is 10.6 Å². The fraction of sp³-hybridized carbons (Fsp3) is 0.200. The van der Waals surface area contributed by atoms with Gasteiger partial charge in [0.25, 0.3) is 11.9 Å². The maximum atomic E-state index is 12.8. The van der Waals surface area contributed by atoms with Crippen molar-refractivity contribution >= 4 is 28.9 Å². The summed E-state index contributed by atoms with van der Waals surface area (Å²) < 4.78 is 6.95. The standard InChI is InChI=1S/C20H20N6O2/c1-12(2)19-24-20(25-28-19)22-14-8-7-13(3)15(10-14)23-18(27)16-11-21-17-6-4-5-9-26(16)17/h4-12H,1-3H3,(H,22,25)(H,23,27). The molecule has 0 atom stereocenters. The van der Waals surface area contributed by atoms with Crippen LogP contribution in [0.25, 0.3) is 5.65 Å². The molecule has 0 aliphatic rings. The zero-order chi connectivity index (χ0) is 19.7. The van der Waals surface area contributed by atoms with Gasteiger partial charge in [0.05, 0.1) is 6.20 Å². The fourth-order valence-electron chi connectivity index (χ4n) is 2.77. The Morgan fingerprint density at radius 3 is 2.86 bits per heavy atom. The molecule has 1 amide bonds. The minimum absolute atomic E-state index is 0.154. The number of benzene rings is 1. The predicted octanol–water partition coefficient (Wildman–Crippen LogP) is 4.15. The Morgan fingerprint density at radius 2 is 2.07 bits per heavy atom. The summed E-state index contributed by atoms with van der Waals surface area (Å²) in [5, 5.41) is 9.97. The van der Waals surface area contributed by atoms with Gasteiger partial charge in [-0.25, -0.2) is 4.98 Å². The van der Waals surface area contributed by atoms with Crippen LogP contribution in [0.3, 0.4) is 0 Å². The normalized spacial score (nSPS) is 11.1. The van der Waals surface area contributed by atoms with Crippen LogP contribution in [0.2, 0.25) is 0 Å². The molecule has 0 fully saturated rings. The lowest BCUT2D eigenvalue weighted by atomic mass is 10.1. The Hall–Kier alpha value is -3.68. The van der Waals surface area contributed by atoms with Crippen LogP contribution in [0.4, 0.5) is 17.3 Å². The number of fused-ring (bicyclic) bond motifs is 1. The SMILES string of the molecule is Cc1ccc(Nc2noc(C(C)C)n2)cc1NC(=O)c1cnc2ccccn12. The number of carbonyl (C=O) groups is 1. The predicted molar refractivity (Wildman–Crippen MR) is 106 cm³/mol. The van der Waals surface area contributed by atoms with Gasteiger partial charge in [0.15, 0.2) is 0 Å². The van der Waals surface area contributed by atoms with Crippen molar-refractivity contribution in [2.45, 2.75) is 26.7 Å². The minimum Gasteiger partial charge on any atom is -0.337 e. The van der Waals surface area contributed by atoms with E-state index in [9.17, 15) is 4.79 Å². The average Bonchev–Trinajstić information content (AvgIpc) is 3.31. The Balaban J connectivity index is 1.56. The third-order valence-electron chi connectivity index (χ3n) is 4.33. The van der Waals surface area contributed by atoms with E-state index >= 15 is 0 Å². The number of hydrogen-bond acceptors (Lipinski definition) is 6. The van der Waals surface area contributed by atoms with Crippen LogP contribution in [-0.2, 0) is 0 Å². The van der Waals surface area contributed by atoms with Gasteiger partial charge in [-0.15, -0.1) is 0 Å². The Labute approximate surface area is 161 Å². The molecule has 2 N–H and O–H groups in total. The highest BCUT2D eigenvalue weighted by atomic mass is 16.5. The molecule has 0 saturated carbocycles. The maximum Gasteiger partial charge on any atom is 0.274 e. The smallest absolute Gasteiger partial charge is 0.274 e. The summed E-state index contributed by atoms with van der Waals surface area (Å²) in [6.45, 7) is 5.90. The zero-order valence-electron chi connectivity index (χ0n) is 15.8. The molecule has 28 heavy (non-hydrogen) atoms. The van der Waals surface area contributed by atoms with Crippen molar-refractivity contribution in [1.29, 1.82) is 0 Å². The van der Waals surface area contributed by atoms with Crippen molar-refractivity contribution in [2.24, 2.45) is 0 Å². The lowest BCUT2D eigenvalue weighted by molar-refractivity contribution is 0.102. The van der Waals surface area contributed by atoms with Crippen molar-refractivity contribution in [3.63, 3.8) is 0 Å². The lowest BCUT2D eigenvalue weighted by Gasteiger charge is -2.10. The first-order valence-corrected chi connectivity index (χ1v) is 8.96. The first-order chi connectivity index (χ1) is 13.5. The van der Waals surface area contributed by atoms with Gasteiger partial charge in [-0.2, -0.15) is 4.98 Å². The van der Waals surface area contributed by atoms with E-state index in [0.29, 0.717) is 23.2 Å².